The molecule has 2 amide bonds. The molecule has 1 saturated heterocycles. The van der Waals surface area contributed by atoms with Gasteiger partial charge in [0.05, 0.1) is 49.1 Å². The topological polar surface area (TPSA) is 93.2 Å². The van der Waals surface area contributed by atoms with Crippen molar-refractivity contribution in [1.29, 1.82) is 0 Å². The molecular weight excluding hydrogens is 552 g/mol. The quantitative estimate of drug-likeness (QED) is 0.297. The third-order valence-electron chi connectivity index (χ3n) is 7.84. The number of nitrogens with one attached hydrogen (secondary N) is 1. The molecular formula is C32H34N4O5S. The molecule has 3 heterocycles. The Morgan fingerprint density at radius 3 is 2.57 bits per heavy atom. The molecule has 1 N–H and O–H groups in total. The van der Waals surface area contributed by atoms with Crippen LogP contribution in [0.4, 0.5) is 5.13 Å². The normalized spacial score (nSPS) is 19.0. The zero-order valence-corrected chi connectivity index (χ0v) is 24.6. The molecule has 0 bridgehead atoms. The summed E-state index contributed by atoms with van der Waals surface area (Å²) in [6, 6.07) is 20.3. The summed E-state index contributed by atoms with van der Waals surface area (Å²) in [5.41, 5.74) is 2.92. The van der Waals surface area contributed by atoms with Gasteiger partial charge in [-0.2, -0.15) is 0 Å². The number of aromatic nitrogens is 1. The molecule has 6 rings (SSSR count). The number of carbonyl (C=O) groups is 2. The van der Waals surface area contributed by atoms with E-state index >= 15 is 0 Å². The van der Waals surface area contributed by atoms with E-state index in [2.05, 4.69) is 15.2 Å². The van der Waals surface area contributed by atoms with E-state index < -0.39 is 12.0 Å². The highest BCUT2D eigenvalue weighted by atomic mass is 32.1. The lowest BCUT2D eigenvalue weighted by Gasteiger charge is -2.42. The Hall–Kier alpha value is -3.99. The predicted molar refractivity (Wildman–Crippen MR) is 163 cm³/mol. The third kappa shape index (κ3) is 5.70. The van der Waals surface area contributed by atoms with Crippen molar-refractivity contribution in [2.75, 3.05) is 58.4 Å². The SMILES string of the molecule is CCOc1ccc([C@H]2[C@@H](C(=O)Nc3nc4ccc(OC)cc4s3)c3ccccc3C(=O)N2CCN2CCOCC2)cc1. The summed E-state index contributed by atoms with van der Waals surface area (Å²) in [5.74, 6) is 0.540. The van der Waals surface area contributed by atoms with Crippen LogP contribution in [-0.2, 0) is 9.53 Å². The maximum atomic E-state index is 14.3. The lowest BCUT2D eigenvalue weighted by Crippen LogP contribution is -2.49. The second kappa shape index (κ2) is 12.5. The first-order chi connectivity index (χ1) is 20.6. The average Bonchev–Trinajstić information content (AvgIpc) is 3.43. The standard InChI is InChI=1S/C32H34N4O5S/c1-3-41-22-10-8-21(9-11-22)29-28(30(37)34-32-33-26-13-12-23(39-2)20-27(26)42-32)24-6-4-5-7-25(24)31(38)36(29)15-14-35-16-18-40-19-17-35/h4-13,20,28-29H,3,14-19H2,1-2H3,(H,33,34,37)/t28-,29-/m0/s1. The molecule has 42 heavy (non-hydrogen) atoms. The summed E-state index contributed by atoms with van der Waals surface area (Å²) in [7, 11) is 1.62. The van der Waals surface area contributed by atoms with Crippen molar-refractivity contribution in [2.24, 2.45) is 0 Å². The minimum atomic E-state index is -0.650. The summed E-state index contributed by atoms with van der Waals surface area (Å²) in [6.07, 6.45) is 0. The molecule has 0 aliphatic carbocycles. The van der Waals surface area contributed by atoms with Crippen molar-refractivity contribution >= 4 is 38.5 Å². The van der Waals surface area contributed by atoms with E-state index in [0.717, 1.165) is 40.4 Å². The van der Waals surface area contributed by atoms with E-state index in [1.165, 1.54) is 11.3 Å². The Labute approximate surface area is 249 Å². The lowest BCUT2D eigenvalue weighted by atomic mass is 9.79. The van der Waals surface area contributed by atoms with E-state index in [0.29, 0.717) is 49.2 Å². The van der Waals surface area contributed by atoms with Crippen LogP contribution in [0.2, 0.25) is 0 Å². The van der Waals surface area contributed by atoms with Gasteiger partial charge in [0.15, 0.2) is 5.13 Å². The molecule has 218 valence electrons. The molecule has 2 aliphatic rings. The smallest absolute Gasteiger partial charge is 0.254 e. The number of ether oxygens (including phenoxy) is 3. The Bertz CT molecular complexity index is 1570. The maximum Gasteiger partial charge on any atom is 0.254 e. The zero-order valence-electron chi connectivity index (χ0n) is 23.7. The third-order valence-corrected chi connectivity index (χ3v) is 8.77. The van der Waals surface area contributed by atoms with Crippen molar-refractivity contribution in [3.05, 3.63) is 83.4 Å². The van der Waals surface area contributed by atoms with Crippen molar-refractivity contribution < 1.29 is 23.8 Å². The van der Waals surface area contributed by atoms with Crippen LogP contribution in [0.3, 0.4) is 0 Å². The number of amides is 2. The Balaban J connectivity index is 1.38. The van der Waals surface area contributed by atoms with Gasteiger partial charge in [-0.15, -0.1) is 0 Å². The number of methoxy groups -OCH3 is 1. The van der Waals surface area contributed by atoms with Crippen molar-refractivity contribution in [3.63, 3.8) is 0 Å². The second-order valence-electron chi connectivity index (χ2n) is 10.3. The van der Waals surface area contributed by atoms with Crippen molar-refractivity contribution in [3.8, 4) is 11.5 Å². The van der Waals surface area contributed by atoms with Crippen LogP contribution in [-0.4, -0.2) is 79.7 Å². The molecule has 1 aromatic heterocycles. The molecule has 0 radical (unpaired) electrons. The lowest BCUT2D eigenvalue weighted by molar-refractivity contribution is -0.119. The van der Waals surface area contributed by atoms with Gasteiger partial charge in [-0.25, -0.2) is 4.98 Å². The van der Waals surface area contributed by atoms with E-state index in [-0.39, 0.29) is 11.8 Å². The molecule has 2 aliphatic heterocycles. The van der Waals surface area contributed by atoms with Gasteiger partial charge in [0.1, 0.15) is 11.5 Å². The van der Waals surface area contributed by atoms with E-state index in [1.807, 2.05) is 78.6 Å². The van der Waals surface area contributed by atoms with Crippen LogP contribution in [0.1, 0.15) is 40.4 Å². The van der Waals surface area contributed by atoms with Gasteiger partial charge in [-0.05, 0) is 54.4 Å². The predicted octanol–water partition coefficient (Wildman–Crippen LogP) is 4.96. The Morgan fingerprint density at radius 1 is 1.05 bits per heavy atom. The Kier molecular flexibility index (Phi) is 8.36. The number of nitrogens with zero attached hydrogens (tertiary/aromatic N) is 3. The second-order valence-corrected chi connectivity index (χ2v) is 11.3. The summed E-state index contributed by atoms with van der Waals surface area (Å²) >= 11 is 1.40. The highest BCUT2D eigenvalue weighted by Gasteiger charge is 2.44. The number of rotatable bonds is 9. The van der Waals surface area contributed by atoms with Crippen LogP contribution in [0.15, 0.2) is 66.7 Å². The van der Waals surface area contributed by atoms with Crippen molar-refractivity contribution in [1.82, 2.24) is 14.8 Å². The van der Waals surface area contributed by atoms with E-state index in [1.54, 1.807) is 7.11 Å². The summed E-state index contributed by atoms with van der Waals surface area (Å²) in [6.45, 7) is 6.66. The van der Waals surface area contributed by atoms with Gasteiger partial charge in [0.2, 0.25) is 5.91 Å². The molecule has 9 nitrogen and oxygen atoms in total. The molecule has 3 aromatic carbocycles. The average molecular weight is 587 g/mol. The largest absolute Gasteiger partial charge is 0.497 e. The van der Waals surface area contributed by atoms with Crippen LogP contribution in [0.5, 0.6) is 11.5 Å². The number of thiazole rings is 1. The molecule has 4 aromatic rings. The first-order valence-corrected chi connectivity index (χ1v) is 15.1. The summed E-state index contributed by atoms with van der Waals surface area (Å²) in [5, 5.41) is 3.59. The van der Waals surface area contributed by atoms with Gasteiger partial charge in [0, 0.05) is 31.7 Å². The summed E-state index contributed by atoms with van der Waals surface area (Å²) in [4.78, 5) is 37.2. The molecule has 0 saturated carbocycles. The molecule has 1 fully saturated rings. The van der Waals surface area contributed by atoms with Gasteiger partial charge >= 0.3 is 0 Å². The number of hydrogen-bond acceptors (Lipinski definition) is 8. The maximum absolute atomic E-state index is 14.3. The highest BCUT2D eigenvalue weighted by molar-refractivity contribution is 7.22. The minimum absolute atomic E-state index is 0.0751. The number of fused-ring (bicyclic) bond motifs is 2. The molecule has 0 spiro atoms. The fourth-order valence-electron chi connectivity index (χ4n) is 5.76. The van der Waals surface area contributed by atoms with E-state index in [4.69, 9.17) is 14.2 Å². The van der Waals surface area contributed by atoms with Gasteiger partial charge in [0.25, 0.3) is 5.91 Å². The Morgan fingerprint density at radius 2 is 1.81 bits per heavy atom. The summed E-state index contributed by atoms with van der Waals surface area (Å²) < 4.78 is 17.5. The van der Waals surface area contributed by atoms with Crippen LogP contribution >= 0.6 is 11.3 Å². The number of anilines is 1. The van der Waals surface area contributed by atoms with E-state index in [9.17, 15) is 9.59 Å². The van der Waals surface area contributed by atoms with Gasteiger partial charge < -0.3 is 24.4 Å². The molecule has 0 unspecified atom stereocenters. The fraction of sp³-hybridized carbons (Fsp3) is 0.344. The highest BCUT2D eigenvalue weighted by Crippen LogP contribution is 2.44. The van der Waals surface area contributed by atoms with Gasteiger partial charge in [-0.1, -0.05) is 41.7 Å². The monoisotopic (exact) mass is 586 g/mol. The van der Waals surface area contributed by atoms with Crippen molar-refractivity contribution in [2.45, 2.75) is 18.9 Å². The molecule has 2 atom stereocenters. The first kappa shape index (κ1) is 28.1. The minimum Gasteiger partial charge on any atom is -0.497 e. The van der Waals surface area contributed by atoms with Gasteiger partial charge in [-0.3, -0.25) is 14.5 Å². The first-order valence-electron chi connectivity index (χ1n) is 14.2. The zero-order chi connectivity index (χ0) is 29.1. The number of carbonyl (C=O) groups excluding carboxylic acids is 2. The number of morpholine rings is 1. The number of hydrogen-bond donors (Lipinski definition) is 1. The molecule has 10 heteroatoms. The number of benzene rings is 3. The van der Waals surface area contributed by atoms with Crippen LogP contribution in [0.25, 0.3) is 10.2 Å². The van der Waals surface area contributed by atoms with Crippen LogP contribution < -0.4 is 14.8 Å². The van der Waals surface area contributed by atoms with Crippen LogP contribution in [0, 0.1) is 0 Å². The fourth-order valence-corrected chi connectivity index (χ4v) is 6.66.